The minimum Gasteiger partial charge on any atom is -0.370 e. The number of rotatable bonds is 4. The van der Waals surface area contributed by atoms with Crippen molar-refractivity contribution >= 4 is 11.5 Å². The molecule has 5 heteroatoms. The van der Waals surface area contributed by atoms with Crippen LogP contribution in [0.1, 0.15) is 12.5 Å². The monoisotopic (exact) mass is 257 g/mol. The minimum absolute atomic E-state index is 0.0206. The summed E-state index contributed by atoms with van der Waals surface area (Å²) in [5.74, 6) is 0.643. The first-order valence-corrected chi connectivity index (χ1v) is 6.08. The van der Waals surface area contributed by atoms with Gasteiger partial charge in [0.25, 0.3) is 5.69 Å². The van der Waals surface area contributed by atoms with Gasteiger partial charge in [-0.25, -0.2) is 4.98 Å². The molecule has 0 aliphatic heterocycles. The van der Waals surface area contributed by atoms with Crippen LogP contribution < -0.4 is 5.32 Å². The molecule has 0 spiro atoms. The van der Waals surface area contributed by atoms with Gasteiger partial charge >= 0.3 is 0 Å². The Morgan fingerprint density at radius 3 is 2.74 bits per heavy atom. The smallest absolute Gasteiger partial charge is 0.295 e. The number of anilines is 1. The zero-order valence-corrected chi connectivity index (χ0v) is 10.9. The first-order valence-electron chi connectivity index (χ1n) is 6.08. The van der Waals surface area contributed by atoms with Crippen LogP contribution in [0.15, 0.2) is 36.4 Å². The van der Waals surface area contributed by atoms with Gasteiger partial charge in [-0.15, -0.1) is 0 Å². The molecule has 0 aliphatic carbocycles. The fourth-order valence-corrected chi connectivity index (χ4v) is 1.88. The number of nitro groups is 1. The summed E-state index contributed by atoms with van der Waals surface area (Å²) in [6.45, 7) is 4.62. The second-order valence-corrected chi connectivity index (χ2v) is 4.22. The Kier molecular flexibility index (Phi) is 3.75. The maximum absolute atomic E-state index is 11.1. The molecule has 0 bridgehead atoms. The molecule has 1 aromatic heterocycles. The number of nitrogens with one attached hydrogen (secondary N) is 1. The summed E-state index contributed by atoms with van der Waals surface area (Å²) in [5.41, 5.74) is 2.22. The average Bonchev–Trinajstić information content (AvgIpc) is 2.39. The molecule has 1 N–H and O–H groups in total. The number of aryl methyl sites for hydroxylation is 1. The number of nitrogens with zero attached hydrogens (tertiary/aromatic N) is 2. The molecule has 19 heavy (non-hydrogen) atoms. The lowest BCUT2D eigenvalue weighted by atomic mass is 10.1. The molecule has 5 nitrogen and oxygen atoms in total. The fourth-order valence-electron chi connectivity index (χ4n) is 1.88. The Balaban J connectivity index is 2.57. The van der Waals surface area contributed by atoms with E-state index in [0.29, 0.717) is 11.5 Å². The lowest BCUT2D eigenvalue weighted by Gasteiger charge is -2.07. The van der Waals surface area contributed by atoms with E-state index in [1.807, 2.05) is 38.1 Å². The topological polar surface area (TPSA) is 68.1 Å². The van der Waals surface area contributed by atoms with Crippen LogP contribution in [0.25, 0.3) is 11.3 Å². The van der Waals surface area contributed by atoms with Crippen molar-refractivity contribution in [2.45, 2.75) is 13.8 Å². The molecule has 0 aliphatic rings. The van der Waals surface area contributed by atoms with Crippen LogP contribution in [0.5, 0.6) is 0 Å². The van der Waals surface area contributed by atoms with Crippen LogP contribution in [0, 0.1) is 17.0 Å². The molecule has 1 heterocycles. The first kappa shape index (κ1) is 13.0. The van der Waals surface area contributed by atoms with Crippen LogP contribution in [-0.2, 0) is 0 Å². The standard InChI is InChI=1S/C14H15N3O2/c1-3-15-13-8-7-12(17(18)19)14(16-13)11-6-4-5-10(2)9-11/h4-9H,3H2,1-2H3,(H,15,16). The molecular formula is C14H15N3O2. The van der Waals surface area contributed by atoms with E-state index in [1.54, 1.807) is 6.07 Å². The van der Waals surface area contributed by atoms with Crippen LogP contribution in [-0.4, -0.2) is 16.5 Å². The molecule has 0 radical (unpaired) electrons. The summed E-state index contributed by atoms with van der Waals surface area (Å²) in [4.78, 5) is 15.0. The van der Waals surface area contributed by atoms with Gasteiger partial charge in [-0.1, -0.05) is 23.8 Å². The Morgan fingerprint density at radius 2 is 2.11 bits per heavy atom. The quantitative estimate of drug-likeness (QED) is 0.673. The highest BCUT2D eigenvalue weighted by Gasteiger charge is 2.17. The van der Waals surface area contributed by atoms with E-state index in [2.05, 4.69) is 10.3 Å². The van der Waals surface area contributed by atoms with Crippen molar-refractivity contribution in [1.82, 2.24) is 4.98 Å². The fraction of sp³-hybridized carbons (Fsp3) is 0.214. The molecule has 1 aromatic carbocycles. The Morgan fingerprint density at radius 1 is 1.32 bits per heavy atom. The summed E-state index contributed by atoms with van der Waals surface area (Å²) in [7, 11) is 0. The number of aromatic nitrogens is 1. The third-order valence-corrected chi connectivity index (χ3v) is 2.72. The molecule has 2 rings (SSSR count). The highest BCUT2D eigenvalue weighted by Crippen LogP contribution is 2.29. The van der Waals surface area contributed by atoms with Crippen molar-refractivity contribution in [3.63, 3.8) is 0 Å². The number of pyridine rings is 1. The van der Waals surface area contributed by atoms with E-state index < -0.39 is 4.92 Å². The van der Waals surface area contributed by atoms with Crippen LogP contribution >= 0.6 is 0 Å². The molecule has 0 fully saturated rings. The molecule has 2 aromatic rings. The molecule has 0 saturated heterocycles. The van der Waals surface area contributed by atoms with Gasteiger partial charge in [0.05, 0.1) is 4.92 Å². The summed E-state index contributed by atoms with van der Waals surface area (Å²) < 4.78 is 0. The molecule has 0 unspecified atom stereocenters. The summed E-state index contributed by atoms with van der Waals surface area (Å²) in [6, 6.07) is 10.7. The minimum atomic E-state index is -0.402. The maximum atomic E-state index is 11.1. The van der Waals surface area contributed by atoms with Crippen molar-refractivity contribution < 1.29 is 4.92 Å². The van der Waals surface area contributed by atoms with E-state index in [4.69, 9.17) is 0 Å². The lowest BCUT2D eigenvalue weighted by Crippen LogP contribution is -2.02. The normalized spacial score (nSPS) is 10.2. The Bertz CT molecular complexity index is 611. The average molecular weight is 257 g/mol. The van der Waals surface area contributed by atoms with Crippen molar-refractivity contribution in [1.29, 1.82) is 0 Å². The maximum Gasteiger partial charge on any atom is 0.295 e. The Hall–Kier alpha value is -2.43. The summed E-state index contributed by atoms with van der Waals surface area (Å²) in [5, 5.41) is 14.2. The number of benzene rings is 1. The highest BCUT2D eigenvalue weighted by molar-refractivity contribution is 5.71. The third-order valence-electron chi connectivity index (χ3n) is 2.72. The predicted octanol–water partition coefficient (Wildman–Crippen LogP) is 3.40. The first-order chi connectivity index (χ1) is 9.11. The number of hydrogen-bond acceptors (Lipinski definition) is 4. The number of hydrogen-bond donors (Lipinski definition) is 1. The molecule has 0 amide bonds. The van der Waals surface area contributed by atoms with Crippen molar-refractivity contribution in [3.8, 4) is 11.3 Å². The second-order valence-electron chi connectivity index (χ2n) is 4.22. The third kappa shape index (κ3) is 2.88. The van der Waals surface area contributed by atoms with Crippen molar-refractivity contribution in [2.24, 2.45) is 0 Å². The lowest BCUT2D eigenvalue weighted by molar-refractivity contribution is -0.384. The van der Waals surface area contributed by atoms with Gasteiger partial charge in [-0.3, -0.25) is 10.1 Å². The predicted molar refractivity (Wildman–Crippen MR) is 75.2 cm³/mol. The van der Waals surface area contributed by atoms with Gasteiger partial charge in [-0.05, 0) is 26.0 Å². The van der Waals surface area contributed by atoms with E-state index >= 15 is 0 Å². The summed E-state index contributed by atoms with van der Waals surface area (Å²) >= 11 is 0. The SMILES string of the molecule is CCNc1ccc([N+](=O)[O-])c(-c2cccc(C)c2)n1. The molecule has 98 valence electrons. The zero-order chi connectivity index (χ0) is 13.8. The molecule has 0 atom stereocenters. The van der Waals surface area contributed by atoms with Gasteiger partial charge in [-0.2, -0.15) is 0 Å². The van der Waals surface area contributed by atoms with Crippen molar-refractivity contribution in [3.05, 3.63) is 52.1 Å². The van der Waals surface area contributed by atoms with Crippen molar-refractivity contribution in [2.75, 3.05) is 11.9 Å². The van der Waals surface area contributed by atoms with Gasteiger partial charge in [0.15, 0.2) is 5.69 Å². The van der Waals surface area contributed by atoms with Crippen LogP contribution in [0.4, 0.5) is 11.5 Å². The van der Waals surface area contributed by atoms with Gasteiger partial charge in [0, 0.05) is 18.2 Å². The second kappa shape index (κ2) is 5.48. The Labute approximate surface area is 111 Å². The van der Waals surface area contributed by atoms with Crippen LogP contribution in [0.2, 0.25) is 0 Å². The van der Waals surface area contributed by atoms with Crippen LogP contribution in [0.3, 0.4) is 0 Å². The van der Waals surface area contributed by atoms with Gasteiger partial charge < -0.3 is 5.32 Å². The van der Waals surface area contributed by atoms with Gasteiger partial charge in [0.2, 0.25) is 0 Å². The van der Waals surface area contributed by atoms with E-state index in [0.717, 1.165) is 17.7 Å². The molecule has 0 saturated carbocycles. The molecular weight excluding hydrogens is 242 g/mol. The van der Waals surface area contributed by atoms with E-state index in [1.165, 1.54) is 6.07 Å². The largest absolute Gasteiger partial charge is 0.370 e. The summed E-state index contributed by atoms with van der Waals surface area (Å²) in [6.07, 6.45) is 0. The highest BCUT2D eigenvalue weighted by atomic mass is 16.6. The van der Waals surface area contributed by atoms with E-state index in [9.17, 15) is 10.1 Å². The van der Waals surface area contributed by atoms with Gasteiger partial charge in [0.1, 0.15) is 5.82 Å². The zero-order valence-electron chi connectivity index (χ0n) is 10.9. The van der Waals surface area contributed by atoms with E-state index in [-0.39, 0.29) is 5.69 Å².